The summed E-state index contributed by atoms with van der Waals surface area (Å²) in [4.78, 5) is 40.0. The number of carbonyl (C=O) groups excluding carboxylic acids is 2. The van der Waals surface area contributed by atoms with Gasteiger partial charge in [-0.25, -0.2) is 0 Å². The zero-order valence-corrected chi connectivity index (χ0v) is 13.1. The molecule has 0 unspecified atom stereocenters. The molecule has 2 rings (SSSR count). The normalized spacial score (nSPS) is 10.6. The molecule has 0 aromatic rings. The Morgan fingerprint density at radius 3 is 0.950 bits per heavy atom. The molecule has 2 heterocycles. The van der Waals surface area contributed by atoms with Crippen molar-refractivity contribution in [2.24, 2.45) is 0 Å². The smallest absolute Gasteiger partial charge is 0.870 e. The summed E-state index contributed by atoms with van der Waals surface area (Å²) in [6.45, 7) is 2.67. The van der Waals surface area contributed by atoms with E-state index in [9.17, 15) is 0 Å². The Hall–Kier alpha value is 1.05. The van der Waals surface area contributed by atoms with Crippen LogP contribution in [-0.2, 0) is 44.0 Å². The van der Waals surface area contributed by atoms with Crippen LogP contribution in [0.2, 0.25) is 0 Å². The maximum Gasteiger partial charge on any atom is 2.00 e. The largest absolute Gasteiger partial charge is 2.00 e. The molecule has 0 aliphatic carbocycles. The van der Waals surface area contributed by atoms with Crippen LogP contribution >= 0.6 is 0 Å². The van der Waals surface area contributed by atoms with E-state index in [0.29, 0.717) is 6.47 Å². The van der Waals surface area contributed by atoms with Crippen LogP contribution in [-0.4, -0.2) is 104 Å². The SMILES string of the molecule is C.C.O.O=C=O.O=[C-]O.[CH-]1OOO1.[CH-]1OOO1.[Ca+2].[Ca+2].[OH-]. The predicted octanol–water partition coefficient (Wildman–Crippen LogP) is -1.46. The van der Waals surface area contributed by atoms with Crippen LogP contribution in [0.25, 0.3) is 0 Å². The van der Waals surface area contributed by atoms with Gasteiger partial charge in [0.15, 0.2) is 0 Å². The summed E-state index contributed by atoms with van der Waals surface area (Å²) in [6, 6.07) is 0. The van der Waals surface area contributed by atoms with E-state index in [1.165, 1.54) is 0 Å². The van der Waals surface area contributed by atoms with Crippen LogP contribution in [0.4, 0.5) is 0 Å². The van der Waals surface area contributed by atoms with E-state index in [4.69, 9.17) is 19.5 Å². The van der Waals surface area contributed by atoms with Crippen LogP contribution < -0.4 is 0 Å². The van der Waals surface area contributed by atoms with Gasteiger partial charge in [-0.05, 0) is 13.6 Å². The summed E-state index contributed by atoms with van der Waals surface area (Å²) in [5.74, 6) is 0. The van der Waals surface area contributed by atoms with Crippen LogP contribution in [0.1, 0.15) is 14.9 Å². The van der Waals surface area contributed by atoms with Crippen molar-refractivity contribution in [2.75, 3.05) is 0 Å². The van der Waals surface area contributed by atoms with Crippen LogP contribution in [0.3, 0.4) is 0 Å². The van der Waals surface area contributed by atoms with Crippen LogP contribution in [0.5, 0.6) is 0 Å². The molecule has 0 bridgehead atoms. The van der Waals surface area contributed by atoms with Gasteiger partial charge in [0.1, 0.15) is 0 Å². The molecular weight excluding hydrogens is 344 g/mol. The van der Waals surface area contributed by atoms with Crippen molar-refractivity contribution in [3.8, 4) is 0 Å². The van der Waals surface area contributed by atoms with Crippen molar-refractivity contribution < 1.29 is 60.1 Å². The molecule has 4 N–H and O–H groups in total. The Morgan fingerprint density at radius 2 is 0.950 bits per heavy atom. The molecule has 0 saturated carbocycles. The summed E-state index contributed by atoms with van der Waals surface area (Å²) < 4.78 is 0. The molecule has 20 heavy (non-hydrogen) atoms. The minimum absolute atomic E-state index is 0. The molecule has 2 saturated heterocycles. The van der Waals surface area contributed by atoms with E-state index < -0.39 is 0 Å². The van der Waals surface area contributed by atoms with E-state index in [2.05, 4.69) is 29.6 Å². The van der Waals surface area contributed by atoms with E-state index in [1.807, 2.05) is 0 Å². The Labute approximate surface area is 174 Å². The van der Waals surface area contributed by atoms with Gasteiger partial charge in [0.05, 0.1) is 0 Å². The molecule has 114 valence electrons. The van der Waals surface area contributed by atoms with Crippen molar-refractivity contribution in [3.05, 3.63) is 13.6 Å². The summed E-state index contributed by atoms with van der Waals surface area (Å²) in [7, 11) is 0. The van der Waals surface area contributed by atoms with Gasteiger partial charge < -0.3 is 40.4 Å². The van der Waals surface area contributed by atoms with Crippen molar-refractivity contribution in [1.29, 1.82) is 0 Å². The molecule has 0 aromatic heterocycles. The Kier molecular flexibility index (Phi) is 148. The fraction of sp³-hybridized carbons (Fsp3) is 0.333. The van der Waals surface area contributed by atoms with Crippen molar-refractivity contribution in [1.82, 2.24) is 0 Å². The fourth-order valence-electron chi connectivity index (χ4n) is 0.0786. The average Bonchev–Trinajstić information content (AvgIpc) is 1.79. The minimum Gasteiger partial charge on any atom is -0.870 e. The standard InChI is InChI=1S/2CHO3.CHO2.CO2.2CH4.2Ca.2H2O/c2*1-2-4-3-1;2*2-1-3;;;;;;/h2*1H;(H,2,3);;2*1H4;;;2*1H2/q3*-1;;;;2*+2;;/p-1. The van der Waals surface area contributed by atoms with Crippen LogP contribution in [0, 0.1) is 13.6 Å². The average molecular weight is 358 g/mol. The van der Waals surface area contributed by atoms with E-state index >= 15 is 0 Å². The molecule has 0 atom stereocenters. The fourth-order valence-corrected chi connectivity index (χ4v) is 0.0786. The van der Waals surface area contributed by atoms with Gasteiger partial charge in [0.2, 0.25) is 0 Å². The molecule has 2 aliphatic rings. The molecule has 0 aromatic carbocycles. The Morgan fingerprint density at radius 1 is 0.900 bits per heavy atom. The summed E-state index contributed by atoms with van der Waals surface area (Å²) in [6.07, 6.45) is 0.250. The second kappa shape index (κ2) is 59.6. The second-order valence-corrected chi connectivity index (χ2v) is 0.888. The predicted molar refractivity (Wildman–Crippen MR) is 59.0 cm³/mol. The maximum absolute atomic E-state index is 8.24. The third kappa shape index (κ3) is 75.8. The minimum atomic E-state index is 0. The van der Waals surface area contributed by atoms with Gasteiger partial charge in [-0.15, -0.1) is 10.1 Å². The molecule has 2 aliphatic heterocycles. The van der Waals surface area contributed by atoms with E-state index in [1.54, 1.807) is 0 Å². The third-order valence-electron chi connectivity index (χ3n) is 0.314. The molecule has 2 fully saturated rings. The molecular formula is C6H14Ca2O12. The van der Waals surface area contributed by atoms with Crippen molar-refractivity contribution in [2.45, 2.75) is 14.9 Å². The molecule has 14 heteroatoms. The Balaban J connectivity index is -0.0000000147. The maximum atomic E-state index is 8.24. The molecule has 0 radical (unpaired) electrons. The molecule has 0 amide bonds. The van der Waals surface area contributed by atoms with Gasteiger partial charge in [0, 0.05) is 0 Å². The first-order valence-corrected chi connectivity index (χ1v) is 2.45. The van der Waals surface area contributed by atoms with Crippen LogP contribution in [0.15, 0.2) is 0 Å². The first-order valence-electron chi connectivity index (χ1n) is 2.45. The van der Waals surface area contributed by atoms with Crippen molar-refractivity contribution >= 4 is 88.1 Å². The summed E-state index contributed by atoms with van der Waals surface area (Å²) >= 11 is 0. The Bertz CT molecular complexity index is 129. The first kappa shape index (κ1) is 49.7. The zero-order valence-electron chi connectivity index (χ0n) is 8.64. The second-order valence-electron chi connectivity index (χ2n) is 0.888. The van der Waals surface area contributed by atoms with Gasteiger partial charge in [-0.1, -0.05) is 21.3 Å². The summed E-state index contributed by atoms with van der Waals surface area (Å²) in [5, 5.41) is 14.1. The molecule has 12 nitrogen and oxygen atoms in total. The number of aliphatic hydroxyl groups excluding tert-OH is 1. The van der Waals surface area contributed by atoms with E-state index in [-0.39, 0.29) is 107 Å². The van der Waals surface area contributed by atoms with Crippen molar-refractivity contribution in [3.63, 3.8) is 0 Å². The topological polar surface area (TPSA) is 188 Å². The number of rotatable bonds is 0. The quantitative estimate of drug-likeness (QED) is 0.302. The monoisotopic (exact) mass is 358 g/mol. The van der Waals surface area contributed by atoms with Gasteiger partial charge in [-0.2, -0.15) is 9.59 Å². The number of hydrogen-bond donors (Lipinski definition) is 1. The van der Waals surface area contributed by atoms with E-state index in [0.717, 1.165) is 13.6 Å². The number of hydrogen-bond acceptors (Lipinski definition) is 10. The first-order chi connectivity index (χ1) is 6.83. The van der Waals surface area contributed by atoms with Gasteiger partial charge in [-0.3, -0.25) is 0 Å². The summed E-state index contributed by atoms with van der Waals surface area (Å²) in [5.41, 5.74) is 0. The van der Waals surface area contributed by atoms with Gasteiger partial charge in [0.25, 0.3) is 0 Å². The zero-order chi connectivity index (χ0) is 11.1. The third-order valence-corrected chi connectivity index (χ3v) is 0.314. The van der Waals surface area contributed by atoms with Gasteiger partial charge >= 0.3 is 81.6 Å². The molecule has 0 spiro atoms.